The van der Waals surface area contributed by atoms with E-state index in [-0.39, 0.29) is 17.7 Å². The fourth-order valence-corrected chi connectivity index (χ4v) is 4.00. The molecule has 1 heterocycles. The molecular formula is C23H22FNO2. The highest BCUT2D eigenvalue weighted by Crippen LogP contribution is 2.45. The molecule has 0 bridgehead atoms. The molecule has 0 spiro atoms. The molecule has 0 fully saturated rings. The molecule has 0 amide bonds. The first-order chi connectivity index (χ1) is 13.0. The van der Waals surface area contributed by atoms with E-state index in [0.29, 0.717) is 18.6 Å². The van der Waals surface area contributed by atoms with Crippen molar-refractivity contribution >= 4 is 22.4 Å². The number of H-pyrrole nitrogens is 1. The van der Waals surface area contributed by atoms with E-state index in [4.69, 9.17) is 4.74 Å². The van der Waals surface area contributed by atoms with Crippen molar-refractivity contribution in [3.05, 3.63) is 76.2 Å². The first kappa shape index (κ1) is 17.5. The van der Waals surface area contributed by atoms with Crippen LogP contribution in [-0.4, -0.2) is 17.6 Å². The van der Waals surface area contributed by atoms with Crippen LogP contribution in [0, 0.1) is 12.7 Å². The summed E-state index contributed by atoms with van der Waals surface area (Å²) in [4.78, 5) is 15.9. The Kier molecular flexibility index (Phi) is 4.34. The molecule has 3 aromatic rings. The monoisotopic (exact) mass is 363 g/mol. The minimum absolute atomic E-state index is 0.0166. The quantitative estimate of drug-likeness (QED) is 0.626. The summed E-state index contributed by atoms with van der Waals surface area (Å²) < 4.78 is 19.1. The molecule has 4 heteroatoms. The van der Waals surface area contributed by atoms with Gasteiger partial charge in [0.2, 0.25) is 0 Å². The fourth-order valence-electron chi connectivity index (χ4n) is 4.00. The molecule has 0 saturated carbocycles. The van der Waals surface area contributed by atoms with Crippen LogP contribution < -0.4 is 0 Å². The molecule has 0 radical (unpaired) electrons. The van der Waals surface area contributed by atoms with Crippen LogP contribution >= 0.6 is 0 Å². The van der Waals surface area contributed by atoms with E-state index in [2.05, 4.69) is 36.2 Å². The predicted molar refractivity (Wildman–Crippen MR) is 105 cm³/mol. The number of halogens is 1. The van der Waals surface area contributed by atoms with E-state index < -0.39 is 0 Å². The van der Waals surface area contributed by atoms with E-state index in [9.17, 15) is 9.18 Å². The molecule has 1 aliphatic rings. The van der Waals surface area contributed by atoms with Crippen LogP contribution in [0.4, 0.5) is 4.39 Å². The summed E-state index contributed by atoms with van der Waals surface area (Å²) in [6, 6.07) is 13.2. The summed E-state index contributed by atoms with van der Waals surface area (Å²) in [5.41, 5.74) is 6.66. The SMILES string of the molecule is CCOC(=O)C1=C(C)c2[nH]c3cc(F)ccc3c2C(c2ccc(C)cc2)C1. The largest absolute Gasteiger partial charge is 0.463 e. The number of hydrogen-bond donors (Lipinski definition) is 1. The lowest BCUT2D eigenvalue weighted by Gasteiger charge is -2.26. The van der Waals surface area contributed by atoms with Gasteiger partial charge >= 0.3 is 5.97 Å². The van der Waals surface area contributed by atoms with Gasteiger partial charge in [-0.15, -0.1) is 0 Å². The number of carbonyl (C=O) groups is 1. The van der Waals surface area contributed by atoms with Gasteiger partial charge in [-0.25, -0.2) is 9.18 Å². The smallest absolute Gasteiger partial charge is 0.334 e. The molecule has 0 aliphatic heterocycles. The van der Waals surface area contributed by atoms with E-state index in [1.807, 2.05) is 19.9 Å². The number of hydrogen-bond acceptors (Lipinski definition) is 2. The fraction of sp³-hybridized carbons (Fsp3) is 0.261. The Morgan fingerprint density at radius 3 is 2.63 bits per heavy atom. The number of rotatable bonds is 3. The van der Waals surface area contributed by atoms with Crippen molar-refractivity contribution in [2.75, 3.05) is 6.61 Å². The average Bonchev–Trinajstić information content (AvgIpc) is 3.02. The Balaban J connectivity index is 1.95. The normalized spacial score (nSPS) is 16.5. The van der Waals surface area contributed by atoms with Gasteiger partial charge in [-0.2, -0.15) is 0 Å². The Labute approximate surface area is 157 Å². The summed E-state index contributed by atoms with van der Waals surface area (Å²) in [7, 11) is 0. The Morgan fingerprint density at radius 1 is 1.19 bits per heavy atom. The number of esters is 1. The maximum atomic E-state index is 13.8. The lowest BCUT2D eigenvalue weighted by Crippen LogP contribution is -2.18. The van der Waals surface area contributed by atoms with Gasteiger partial charge in [0, 0.05) is 28.1 Å². The Morgan fingerprint density at radius 2 is 1.93 bits per heavy atom. The van der Waals surface area contributed by atoms with E-state index in [0.717, 1.165) is 33.3 Å². The predicted octanol–water partition coefficient (Wildman–Crippen LogP) is 5.49. The summed E-state index contributed by atoms with van der Waals surface area (Å²) in [5.74, 6) is -0.536. The maximum absolute atomic E-state index is 13.8. The third-order valence-electron chi connectivity index (χ3n) is 5.39. The minimum Gasteiger partial charge on any atom is -0.463 e. The molecule has 1 atom stereocenters. The molecule has 4 rings (SSSR count). The number of allylic oxidation sites excluding steroid dienone is 1. The highest BCUT2D eigenvalue weighted by Gasteiger charge is 2.32. The van der Waals surface area contributed by atoms with E-state index in [1.54, 1.807) is 0 Å². The first-order valence-corrected chi connectivity index (χ1v) is 9.24. The molecule has 1 aromatic heterocycles. The molecular weight excluding hydrogens is 341 g/mol. The van der Waals surface area contributed by atoms with Crippen molar-refractivity contribution in [1.29, 1.82) is 0 Å². The molecule has 2 aromatic carbocycles. The van der Waals surface area contributed by atoms with Crippen LogP contribution in [0.3, 0.4) is 0 Å². The van der Waals surface area contributed by atoms with Gasteiger partial charge in [0.1, 0.15) is 5.82 Å². The Bertz CT molecular complexity index is 1060. The second-order valence-electron chi connectivity index (χ2n) is 7.09. The number of fused-ring (bicyclic) bond motifs is 3. The maximum Gasteiger partial charge on any atom is 0.334 e. The van der Waals surface area contributed by atoms with Crippen LogP contribution in [-0.2, 0) is 9.53 Å². The standard InChI is InChI=1S/C23H22FNO2/c1-4-27-23(26)18-12-19(15-7-5-13(2)6-8-15)21-17-10-9-16(24)11-20(17)25-22(21)14(18)3/h5-11,19,25H,4,12H2,1-3H3. The van der Waals surface area contributed by atoms with Gasteiger partial charge in [-0.05, 0) is 62.1 Å². The summed E-state index contributed by atoms with van der Waals surface area (Å²) in [6.45, 7) is 6.14. The molecule has 0 saturated heterocycles. The van der Waals surface area contributed by atoms with Gasteiger partial charge in [-0.1, -0.05) is 29.8 Å². The zero-order valence-corrected chi connectivity index (χ0v) is 15.7. The molecule has 1 unspecified atom stereocenters. The highest BCUT2D eigenvalue weighted by atomic mass is 19.1. The number of aromatic amines is 1. The zero-order chi connectivity index (χ0) is 19.1. The lowest BCUT2D eigenvalue weighted by atomic mass is 9.77. The number of aryl methyl sites for hydroxylation is 1. The third kappa shape index (κ3) is 2.95. The molecule has 138 valence electrons. The summed E-state index contributed by atoms with van der Waals surface area (Å²) in [5, 5.41) is 0.999. The van der Waals surface area contributed by atoms with E-state index >= 15 is 0 Å². The highest BCUT2D eigenvalue weighted by molar-refractivity contribution is 6.01. The van der Waals surface area contributed by atoms with Crippen molar-refractivity contribution < 1.29 is 13.9 Å². The second kappa shape index (κ2) is 6.69. The van der Waals surface area contributed by atoms with Crippen LogP contribution in [0.2, 0.25) is 0 Å². The number of ether oxygens (including phenoxy) is 1. The van der Waals surface area contributed by atoms with Crippen LogP contribution in [0.5, 0.6) is 0 Å². The number of carbonyl (C=O) groups excluding carboxylic acids is 1. The topological polar surface area (TPSA) is 42.1 Å². The van der Waals surface area contributed by atoms with Crippen LogP contribution in [0.15, 0.2) is 48.0 Å². The molecule has 1 aliphatic carbocycles. The third-order valence-corrected chi connectivity index (χ3v) is 5.39. The molecule has 3 nitrogen and oxygen atoms in total. The average molecular weight is 363 g/mol. The van der Waals surface area contributed by atoms with Gasteiger partial charge in [0.15, 0.2) is 0 Å². The zero-order valence-electron chi connectivity index (χ0n) is 15.7. The van der Waals surface area contributed by atoms with Crippen molar-refractivity contribution in [2.24, 2.45) is 0 Å². The van der Waals surface area contributed by atoms with Crippen molar-refractivity contribution in [3.8, 4) is 0 Å². The molecule has 27 heavy (non-hydrogen) atoms. The van der Waals surface area contributed by atoms with Crippen LogP contribution in [0.25, 0.3) is 16.5 Å². The van der Waals surface area contributed by atoms with Gasteiger partial charge in [-0.3, -0.25) is 0 Å². The lowest BCUT2D eigenvalue weighted by molar-refractivity contribution is -0.138. The summed E-state index contributed by atoms with van der Waals surface area (Å²) in [6.07, 6.45) is 0.574. The van der Waals surface area contributed by atoms with Gasteiger partial charge < -0.3 is 9.72 Å². The van der Waals surface area contributed by atoms with Crippen molar-refractivity contribution in [1.82, 2.24) is 4.98 Å². The summed E-state index contributed by atoms with van der Waals surface area (Å²) >= 11 is 0. The van der Waals surface area contributed by atoms with Gasteiger partial charge in [0.05, 0.1) is 6.61 Å². The molecule has 1 N–H and O–H groups in total. The number of aromatic nitrogens is 1. The van der Waals surface area contributed by atoms with Crippen molar-refractivity contribution in [2.45, 2.75) is 33.1 Å². The van der Waals surface area contributed by atoms with Gasteiger partial charge in [0.25, 0.3) is 0 Å². The second-order valence-corrected chi connectivity index (χ2v) is 7.09. The number of nitrogens with one attached hydrogen (secondary N) is 1. The number of benzene rings is 2. The van der Waals surface area contributed by atoms with Crippen molar-refractivity contribution in [3.63, 3.8) is 0 Å². The first-order valence-electron chi connectivity index (χ1n) is 9.24. The Hall–Kier alpha value is -2.88. The van der Waals surface area contributed by atoms with Crippen LogP contribution in [0.1, 0.15) is 48.6 Å². The van der Waals surface area contributed by atoms with E-state index in [1.165, 1.54) is 17.7 Å². The minimum atomic E-state index is -0.278.